The molecule has 1 atom stereocenters. The van der Waals surface area contributed by atoms with Crippen molar-refractivity contribution in [3.63, 3.8) is 0 Å². The molecule has 5 heteroatoms. The van der Waals surface area contributed by atoms with E-state index < -0.39 is 0 Å². The molecule has 0 saturated heterocycles. The predicted molar refractivity (Wildman–Crippen MR) is 68.1 cm³/mol. The van der Waals surface area contributed by atoms with Gasteiger partial charge in [-0.05, 0) is 12.5 Å². The molecule has 2 aromatic heterocycles. The highest BCUT2D eigenvalue weighted by Crippen LogP contribution is 2.23. The predicted octanol–water partition coefficient (Wildman–Crippen LogP) is 2.55. The lowest BCUT2D eigenvalue weighted by molar-refractivity contribution is 0.356. The van der Waals surface area contributed by atoms with Gasteiger partial charge in [0.2, 0.25) is 5.88 Å². The van der Waals surface area contributed by atoms with Gasteiger partial charge in [-0.25, -0.2) is 4.98 Å². The molecule has 5 nitrogen and oxygen atoms in total. The van der Waals surface area contributed by atoms with Crippen molar-refractivity contribution in [1.82, 2.24) is 10.1 Å². The number of methoxy groups -OCH3 is 1. The first-order valence-corrected chi connectivity index (χ1v) is 5.97. The molecule has 0 radical (unpaired) electrons. The molecule has 0 saturated carbocycles. The average molecular weight is 247 g/mol. The monoisotopic (exact) mass is 247 g/mol. The molecule has 2 aromatic rings. The summed E-state index contributed by atoms with van der Waals surface area (Å²) in [7, 11) is 1.58. The Hall–Kier alpha value is -1.88. The van der Waals surface area contributed by atoms with Crippen LogP contribution in [0, 0.1) is 0 Å². The summed E-state index contributed by atoms with van der Waals surface area (Å²) in [4.78, 5) is 4.13. The SMILES string of the molecule is CCCC(N)c1cc(-c2ccc(OC)nc2)no1. The lowest BCUT2D eigenvalue weighted by Crippen LogP contribution is -2.08. The average Bonchev–Trinajstić information content (AvgIpc) is 2.89. The second-order valence-corrected chi connectivity index (χ2v) is 4.10. The van der Waals surface area contributed by atoms with E-state index in [4.69, 9.17) is 15.0 Å². The second kappa shape index (κ2) is 5.64. The molecule has 0 aliphatic heterocycles. The third kappa shape index (κ3) is 2.68. The van der Waals surface area contributed by atoms with Gasteiger partial charge in [-0.15, -0.1) is 0 Å². The zero-order valence-corrected chi connectivity index (χ0v) is 10.6. The first kappa shape index (κ1) is 12.6. The highest BCUT2D eigenvalue weighted by Gasteiger charge is 2.13. The van der Waals surface area contributed by atoms with E-state index in [0.29, 0.717) is 11.6 Å². The van der Waals surface area contributed by atoms with Gasteiger partial charge in [-0.1, -0.05) is 18.5 Å². The number of nitrogens with zero attached hydrogens (tertiary/aromatic N) is 2. The van der Waals surface area contributed by atoms with E-state index in [0.717, 1.165) is 24.1 Å². The topological polar surface area (TPSA) is 74.2 Å². The molecule has 2 rings (SSSR count). The summed E-state index contributed by atoms with van der Waals surface area (Å²) in [5.74, 6) is 1.29. The third-order valence-corrected chi connectivity index (χ3v) is 2.73. The van der Waals surface area contributed by atoms with Crippen LogP contribution in [0.5, 0.6) is 5.88 Å². The zero-order valence-electron chi connectivity index (χ0n) is 10.6. The van der Waals surface area contributed by atoms with E-state index in [1.165, 1.54) is 0 Å². The van der Waals surface area contributed by atoms with E-state index in [2.05, 4.69) is 17.1 Å². The Balaban J connectivity index is 2.18. The first-order valence-electron chi connectivity index (χ1n) is 5.97. The second-order valence-electron chi connectivity index (χ2n) is 4.10. The summed E-state index contributed by atoms with van der Waals surface area (Å²) < 4.78 is 10.3. The Morgan fingerprint density at radius 3 is 2.89 bits per heavy atom. The van der Waals surface area contributed by atoms with Crippen LogP contribution in [0.2, 0.25) is 0 Å². The number of pyridine rings is 1. The maximum absolute atomic E-state index is 5.97. The van der Waals surface area contributed by atoms with Gasteiger partial charge in [0, 0.05) is 23.9 Å². The van der Waals surface area contributed by atoms with Crippen LogP contribution >= 0.6 is 0 Å². The van der Waals surface area contributed by atoms with Gasteiger partial charge in [-0.2, -0.15) is 0 Å². The Labute approximate surface area is 106 Å². The molecule has 96 valence electrons. The van der Waals surface area contributed by atoms with Gasteiger partial charge >= 0.3 is 0 Å². The molecule has 2 N–H and O–H groups in total. The summed E-state index contributed by atoms with van der Waals surface area (Å²) in [6.07, 6.45) is 3.60. The molecule has 0 aliphatic carbocycles. The van der Waals surface area contributed by atoms with Crippen LogP contribution in [0.4, 0.5) is 0 Å². The smallest absolute Gasteiger partial charge is 0.212 e. The van der Waals surface area contributed by atoms with Crippen LogP contribution < -0.4 is 10.5 Å². The number of rotatable bonds is 5. The van der Waals surface area contributed by atoms with Crippen LogP contribution in [0.3, 0.4) is 0 Å². The Bertz CT molecular complexity index is 493. The maximum atomic E-state index is 5.97. The summed E-state index contributed by atoms with van der Waals surface area (Å²) in [5, 5.41) is 4.01. The van der Waals surface area contributed by atoms with Gasteiger partial charge in [0.1, 0.15) is 5.69 Å². The minimum atomic E-state index is -0.0949. The van der Waals surface area contributed by atoms with Crippen LogP contribution in [0.1, 0.15) is 31.6 Å². The van der Waals surface area contributed by atoms with E-state index in [-0.39, 0.29) is 6.04 Å². The number of aromatic nitrogens is 2. The zero-order chi connectivity index (χ0) is 13.0. The minimum Gasteiger partial charge on any atom is -0.481 e. The molecule has 0 aromatic carbocycles. The van der Waals surface area contributed by atoms with Gasteiger partial charge in [0.25, 0.3) is 0 Å². The highest BCUT2D eigenvalue weighted by molar-refractivity contribution is 5.58. The van der Waals surface area contributed by atoms with Crippen molar-refractivity contribution in [3.05, 3.63) is 30.2 Å². The van der Waals surface area contributed by atoms with Crippen LogP contribution in [0.15, 0.2) is 28.9 Å². The first-order chi connectivity index (χ1) is 8.74. The molecule has 2 heterocycles. The Morgan fingerprint density at radius 1 is 1.44 bits per heavy atom. The Kier molecular flexibility index (Phi) is 3.94. The number of ether oxygens (including phenoxy) is 1. The molecule has 0 aliphatic rings. The standard InChI is InChI=1S/C13H17N3O2/c1-3-4-10(14)12-7-11(16-18-12)9-5-6-13(17-2)15-8-9/h5-8,10H,3-4,14H2,1-2H3. The van der Waals surface area contributed by atoms with Crippen molar-refractivity contribution >= 4 is 0 Å². The Morgan fingerprint density at radius 2 is 2.28 bits per heavy atom. The van der Waals surface area contributed by atoms with Gasteiger partial charge < -0.3 is 15.0 Å². The van der Waals surface area contributed by atoms with Crippen molar-refractivity contribution in [2.45, 2.75) is 25.8 Å². The van der Waals surface area contributed by atoms with Gasteiger partial charge in [0.15, 0.2) is 5.76 Å². The molecular formula is C13H17N3O2. The van der Waals surface area contributed by atoms with E-state index in [9.17, 15) is 0 Å². The van der Waals surface area contributed by atoms with Crippen molar-refractivity contribution in [2.75, 3.05) is 7.11 Å². The van der Waals surface area contributed by atoms with Gasteiger partial charge in [-0.3, -0.25) is 0 Å². The van der Waals surface area contributed by atoms with Crippen LogP contribution in [-0.4, -0.2) is 17.3 Å². The van der Waals surface area contributed by atoms with Crippen molar-refractivity contribution in [3.8, 4) is 17.1 Å². The van der Waals surface area contributed by atoms with E-state index in [1.807, 2.05) is 12.1 Å². The van der Waals surface area contributed by atoms with E-state index in [1.54, 1.807) is 19.4 Å². The van der Waals surface area contributed by atoms with E-state index >= 15 is 0 Å². The van der Waals surface area contributed by atoms with Crippen molar-refractivity contribution in [1.29, 1.82) is 0 Å². The lowest BCUT2D eigenvalue weighted by Gasteiger charge is -2.03. The molecule has 18 heavy (non-hydrogen) atoms. The van der Waals surface area contributed by atoms with Crippen LogP contribution in [-0.2, 0) is 0 Å². The summed E-state index contributed by atoms with van der Waals surface area (Å²) >= 11 is 0. The number of nitrogens with two attached hydrogens (primary N) is 1. The molecule has 0 bridgehead atoms. The quantitative estimate of drug-likeness (QED) is 0.878. The fourth-order valence-electron chi connectivity index (χ4n) is 1.71. The molecule has 0 fully saturated rings. The number of hydrogen-bond donors (Lipinski definition) is 1. The fraction of sp³-hybridized carbons (Fsp3) is 0.385. The van der Waals surface area contributed by atoms with Crippen molar-refractivity contribution < 1.29 is 9.26 Å². The lowest BCUT2D eigenvalue weighted by atomic mass is 10.1. The van der Waals surface area contributed by atoms with Crippen molar-refractivity contribution in [2.24, 2.45) is 5.73 Å². The molecule has 0 amide bonds. The summed E-state index contributed by atoms with van der Waals surface area (Å²) in [6, 6.07) is 5.45. The third-order valence-electron chi connectivity index (χ3n) is 2.73. The maximum Gasteiger partial charge on any atom is 0.212 e. The van der Waals surface area contributed by atoms with Crippen LogP contribution in [0.25, 0.3) is 11.3 Å². The minimum absolute atomic E-state index is 0.0949. The highest BCUT2D eigenvalue weighted by atomic mass is 16.5. The summed E-state index contributed by atoms with van der Waals surface area (Å²) in [6.45, 7) is 2.09. The molecular weight excluding hydrogens is 230 g/mol. The molecule has 1 unspecified atom stereocenters. The van der Waals surface area contributed by atoms with Gasteiger partial charge in [0.05, 0.1) is 13.2 Å². The normalized spacial score (nSPS) is 12.4. The number of hydrogen-bond acceptors (Lipinski definition) is 5. The fourth-order valence-corrected chi connectivity index (χ4v) is 1.71. The largest absolute Gasteiger partial charge is 0.481 e. The summed E-state index contributed by atoms with van der Waals surface area (Å²) in [5.41, 5.74) is 7.60. The molecule has 0 spiro atoms.